The van der Waals surface area contributed by atoms with E-state index in [1.807, 2.05) is 0 Å². The van der Waals surface area contributed by atoms with Gasteiger partial charge in [-0.1, -0.05) is 17.7 Å². The minimum atomic E-state index is -0.742. The molecule has 1 heterocycles. The molecule has 0 fully saturated rings. The van der Waals surface area contributed by atoms with Gasteiger partial charge in [0.2, 0.25) is 0 Å². The predicted molar refractivity (Wildman–Crippen MR) is 64.3 cm³/mol. The van der Waals surface area contributed by atoms with E-state index >= 15 is 0 Å². The number of halogens is 2. The fourth-order valence-electron chi connectivity index (χ4n) is 1.60. The molecule has 4 heteroatoms. The van der Waals surface area contributed by atoms with E-state index in [0.717, 1.165) is 0 Å². The van der Waals surface area contributed by atoms with Crippen LogP contribution in [-0.4, -0.2) is 10.1 Å². The molecule has 0 aliphatic carbocycles. The fraction of sp³-hybridized carbons (Fsp3) is 0.154. The second-order valence-electron chi connectivity index (χ2n) is 3.74. The summed E-state index contributed by atoms with van der Waals surface area (Å²) in [5.41, 5.74) is 1.16. The molecule has 88 valence electrons. The first-order chi connectivity index (χ1) is 8.16. The van der Waals surface area contributed by atoms with Gasteiger partial charge in [-0.15, -0.1) is 0 Å². The van der Waals surface area contributed by atoms with Gasteiger partial charge in [-0.25, -0.2) is 4.39 Å². The number of hydrogen-bond donors (Lipinski definition) is 1. The van der Waals surface area contributed by atoms with Crippen LogP contribution >= 0.6 is 11.6 Å². The highest BCUT2D eigenvalue weighted by atomic mass is 35.5. The number of nitrogens with zero attached hydrogens (tertiary/aromatic N) is 1. The first-order valence-electron chi connectivity index (χ1n) is 5.19. The summed E-state index contributed by atoms with van der Waals surface area (Å²) in [5, 5.41) is 10.3. The van der Waals surface area contributed by atoms with Crippen molar-refractivity contribution in [3.63, 3.8) is 0 Å². The van der Waals surface area contributed by atoms with Gasteiger partial charge in [0, 0.05) is 23.8 Å². The molecule has 1 aromatic carbocycles. The van der Waals surface area contributed by atoms with Crippen molar-refractivity contribution in [1.29, 1.82) is 0 Å². The van der Waals surface area contributed by atoms with E-state index in [1.54, 1.807) is 36.7 Å². The molecule has 2 rings (SSSR count). The summed E-state index contributed by atoms with van der Waals surface area (Å²) in [4.78, 5) is 3.86. The Hall–Kier alpha value is -1.45. The molecule has 2 nitrogen and oxygen atoms in total. The van der Waals surface area contributed by atoms with Gasteiger partial charge in [-0.3, -0.25) is 4.98 Å². The predicted octanol–water partition coefficient (Wildman–Crippen LogP) is 3.15. The Balaban J connectivity index is 2.16. The summed E-state index contributed by atoms with van der Waals surface area (Å²) < 4.78 is 13.5. The van der Waals surface area contributed by atoms with E-state index in [4.69, 9.17) is 11.6 Å². The molecule has 1 aromatic heterocycles. The maximum absolute atomic E-state index is 13.5. The van der Waals surface area contributed by atoms with Gasteiger partial charge in [-0.05, 0) is 35.4 Å². The Morgan fingerprint density at radius 3 is 2.59 bits per heavy atom. The SMILES string of the molecule is OC(Cc1ccc(Cl)cc1F)c1ccncc1. The van der Waals surface area contributed by atoms with Gasteiger partial charge in [-0.2, -0.15) is 0 Å². The third-order valence-corrected chi connectivity index (χ3v) is 2.75. The molecular formula is C13H11ClFNO. The average molecular weight is 252 g/mol. The van der Waals surface area contributed by atoms with E-state index in [2.05, 4.69) is 4.98 Å². The summed E-state index contributed by atoms with van der Waals surface area (Å²) in [6.07, 6.45) is 2.66. The molecule has 0 saturated heterocycles. The zero-order valence-corrected chi connectivity index (χ0v) is 9.73. The van der Waals surface area contributed by atoms with Crippen molar-refractivity contribution in [3.05, 3.63) is 64.7 Å². The monoisotopic (exact) mass is 251 g/mol. The number of rotatable bonds is 3. The van der Waals surface area contributed by atoms with Crippen LogP contribution in [0.5, 0.6) is 0 Å². The quantitative estimate of drug-likeness (QED) is 0.909. The molecule has 0 aliphatic heterocycles. The van der Waals surface area contributed by atoms with Crippen LogP contribution < -0.4 is 0 Å². The van der Waals surface area contributed by atoms with Crippen molar-refractivity contribution in [2.45, 2.75) is 12.5 Å². The normalized spacial score (nSPS) is 12.4. The van der Waals surface area contributed by atoms with Crippen LogP contribution in [0.15, 0.2) is 42.7 Å². The highest BCUT2D eigenvalue weighted by Gasteiger charge is 2.11. The largest absolute Gasteiger partial charge is 0.388 e. The van der Waals surface area contributed by atoms with Crippen molar-refractivity contribution in [1.82, 2.24) is 4.98 Å². The molecule has 0 amide bonds. The second-order valence-corrected chi connectivity index (χ2v) is 4.17. The van der Waals surface area contributed by atoms with Crippen LogP contribution in [0.3, 0.4) is 0 Å². The first kappa shape index (κ1) is 12.0. The standard InChI is InChI=1S/C13H11ClFNO/c14-11-2-1-10(12(15)8-11)7-13(17)9-3-5-16-6-4-9/h1-6,8,13,17H,7H2. The van der Waals surface area contributed by atoms with Gasteiger partial charge < -0.3 is 5.11 Å². The van der Waals surface area contributed by atoms with Crippen LogP contribution in [0.4, 0.5) is 4.39 Å². The Morgan fingerprint density at radius 2 is 1.94 bits per heavy atom. The summed E-state index contributed by atoms with van der Waals surface area (Å²) in [5.74, 6) is -0.398. The fourth-order valence-corrected chi connectivity index (χ4v) is 1.76. The molecule has 0 saturated carbocycles. The Kier molecular flexibility index (Phi) is 3.71. The average Bonchev–Trinajstić information content (AvgIpc) is 2.34. The van der Waals surface area contributed by atoms with Crippen LogP contribution in [0.1, 0.15) is 17.2 Å². The lowest BCUT2D eigenvalue weighted by Crippen LogP contribution is -2.03. The zero-order chi connectivity index (χ0) is 12.3. The van der Waals surface area contributed by atoms with Crippen LogP contribution in [0.25, 0.3) is 0 Å². The molecule has 2 aromatic rings. The molecule has 0 radical (unpaired) electrons. The number of aromatic nitrogens is 1. The van der Waals surface area contributed by atoms with E-state index in [1.165, 1.54) is 6.07 Å². The molecule has 0 aliphatic rings. The maximum Gasteiger partial charge on any atom is 0.127 e. The number of aliphatic hydroxyl groups is 1. The molecular weight excluding hydrogens is 241 g/mol. The number of hydrogen-bond acceptors (Lipinski definition) is 2. The molecule has 17 heavy (non-hydrogen) atoms. The molecule has 0 bridgehead atoms. The minimum absolute atomic E-state index is 0.215. The van der Waals surface area contributed by atoms with E-state index in [0.29, 0.717) is 16.1 Å². The highest BCUT2D eigenvalue weighted by molar-refractivity contribution is 6.30. The van der Waals surface area contributed by atoms with E-state index in [-0.39, 0.29) is 6.42 Å². The van der Waals surface area contributed by atoms with Gasteiger partial charge in [0.1, 0.15) is 5.82 Å². The Labute approximate surface area is 104 Å². The lowest BCUT2D eigenvalue weighted by molar-refractivity contribution is 0.177. The van der Waals surface area contributed by atoms with Crippen molar-refractivity contribution >= 4 is 11.6 Å². The Morgan fingerprint density at radius 1 is 1.24 bits per heavy atom. The topological polar surface area (TPSA) is 33.1 Å². The zero-order valence-electron chi connectivity index (χ0n) is 8.98. The smallest absolute Gasteiger partial charge is 0.127 e. The van der Waals surface area contributed by atoms with Gasteiger partial charge in [0.15, 0.2) is 0 Å². The number of benzene rings is 1. The minimum Gasteiger partial charge on any atom is -0.388 e. The molecule has 0 spiro atoms. The molecule has 1 unspecified atom stereocenters. The van der Waals surface area contributed by atoms with Crippen LogP contribution in [0.2, 0.25) is 5.02 Å². The summed E-state index contributed by atoms with van der Waals surface area (Å²) >= 11 is 5.66. The second kappa shape index (κ2) is 5.25. The molecule has 1 N–H and O–H groups in total. The number of aliphatic hydroxyl groups excluding tert-OH is 1. The van der Waals surface area contributed by atoms with Crippen LogP contribution in [0, 0.1) is 5.82 Å². The molecule has 1 atom stereocenters. The first-order valence-corrected chi connectivity index (χ1v) is 5.56. The lowest BCUT2D eigenvalue weighted by atomic mass is 10.0. The van der Waals surface area contributed by atoms with Crippen molar-refractivity contribution in [2.24, 2.45) is 0 Å². The summed E-state index contributed by atoms with van der Waals surface area (Å²) in [6, 6.07) is 7.86. The third kappa shape index (κ3) is 3.02. The summed E-state index contributed by atoms with van der Waals surface area (Å²) in [6.45, 7) is 0. The van der Waals surface area contributed by atoms with Crippen molar-refractivity contribution in [3.8, 4) is 0 Å². The van der Waals surface area contributed by atoms with Crippen molar-refractivity contribution < 1.29 is 9.50 Å². The summed E-state index contributed by atoms with van der Waals surface area (Å²) in [7, 11) is 0. The van der Waals surface area contributed by atoms with E-state index in [9.17, 15) is 9.50 Å². The van der Waals surface area contributed by atoms with Crippen LogP contribution in [-0.2, 0) is 6.42 Å². The maximum atomic E-state index is 13.5. The third-order valence-electron chi connectivity index (χ3n) is 2.52. The van der Waals surface area contributed by atoms with E-state index < -0.39 is 11.9 Å². The number of pyridine rings is 1. The van der Waals surface area contributed by atoms with Gasteiger partial charge in [0.05, 0.1) is 6.10 Å². The Bertz CT molecular complexity index is 504. The van der Waals surface area contributed by atoms with Gasteiger partial charge >= 0.3 is 0 Å². The lowest BCUT2D eigenvalue weighted by Gasteiger charge is -2.11. The van der Waals surface area contributed by atoms with Gasteiger partial charge in [0.25, 0.3) is 0 Å². The van der Waals surface area contributed by atoms with Crippen molar-refractivity contribution in [2.75, 3.05) is 0 Å². The highest BCUT2D eigenvalue weighted by Crippen LogP contribution is 2.21.